The molecule has 0 spiro atoms. The van der Waals surface area contributed by atoms with Gasteiger partial charge in [0.2, 0.25) is 0 Å². The summed E-state index contributed by atoms with van der Waals surface area (Å²) in [7, 11) is -4.27. The van der Waals surface area contributed by atoms with Gasteiger partial charge in [0.25, 0.3) is 15.9 Å². The molecule has 0 radical (unpaired) electrons. The Morgan fingerprint density at radius 3 is 2.51 bits per heavy atom. The second-order valence-corrected chi connectivity index (χ2v) is 11.2. The molecule has 1 aromatic carbocycles. The summed E-state index contributed by atoms with van der Waals surface area (Å²) >= 11 is 0. The number of nitrogens with two attached hydrogens (primary N) is 1. The first-order chi connectivity index (χ1) is 16.4. The number of halogens is 1. The normalized spacial score (nSPS) is 17.4. The Hall–Kier alpha value is -3.53. The average molecular weight is 498 g/mol. The third-order valence-corrected chi connectivity index (χ3v) is 7.47. The van der Waals surface area contributed by atoms with E-state index in [9.17, 15) is 17.6 Å². The largest absolute Gasteiger partial charge is 0.384 e. The smallest absolute Gasteiger partial charge is 0.281 e. The molecule has 1 aliphatic rings. The van der Waals surface area contributed by atoms with Crippen LogP contribution in [-0.4, -0.2) is 36.4 Å². The van der Waals surface area contributed by atoms with Gasteiger partial charge >= 0.3 is 0 Å². The van der Waals surface area contributed by atoms with E-state index in [1.165, 1.54) is 30.3 Å². The third-order valence-electron chi connectivity index (χ3n) is 6.24. The molecule has 3 heterocycles. The second kappa shape index (κ2) is 8.92. The maximum Gasteiger partial charge on any atom is 0.281 e. The summed E-state index contributed by atoms with van der Waals surface area (Å²) in [6.07, 6.45) is 0.866. The maximum atomic E-state index is 14.2. The zero-order valence-corrected chi connectivity index (χ0v) is 20.9. The molecule has 1 atom stereocenters. The van der Waals surface area contributed by atoms with Gasteiger partial charge in [0.1, 0.15) is 17.5 Å². The summed E-state index contributed by atoms with van der Waals surface area (Å²) in [5.74, 6) is -0.500. The molecular formula is C25H28FN5O3S. The number of nitrogens with zero attached hydrogens (tertiary/aromatic N) is 3. The fourth-order valence-electron chi connectivity index (χ4n) is 4.64. The van der Waals surface area contributed by atoms with E-state index < -0.39 is 15.9 Å². The van der Waals surface area contributed by atoms with Crippen molar-refractivity contribution in [2.45, 2.75) is 44.7 Å². The Labute approximate surface area is 204 Å². The molecule has 2 aromatic heterocycles. The van der Waals surface area contributed by atoms with Crippen LogP contribution in [0.25, 0.3) is 11.3 Å². The minimum atomic E-state index is -4.27. The van der Waals surface area contributed by atoms with E-state index in [4.69, 9.17) is 10.7 Å². The zero-order valence-electron chi connectivity index (χ0n) is 20.0. The van der Waals surface area contributed by atoms with E-state index in [0.29, 0.717) is 35.1 Å². The van der Waals surface area contributed by atoms with E-state index in [1.54, 1.807) is 25.1 Å². The van der Waals surface area contributed by atoms with Gasteiger partial charge < -0.3 is 10.6 Å². The molecule has 3 aromatic rings. The molecule has 3 N–H and O–H groups in total. The number of amides is 1. The predicted molar refractivity (Wildman–Crippen MR) is 133 cm³/mol. The summed E-state index contributed by atoms with van der Waals surface area (Å²) in [5.41, 5.74) is 6.90. The van der Waals surface area contributed by atoms with Crippen molar-refractivity contribution in [3.8, 4) is 11.3 Å². The number of benzene rings is 1. The number of hydrogen-bond donors (Lipinski definition) is 2. The Morgan fingerprint density at radius 2 is 1.86 bits per heavy atom. The van der Waals surface area contributed by atoms with Crippen molar-refractivity contribution >= 4 is 27.6 Å². The van der Waals surface area contributed by atoms with Gasteiger partial charge in [-0.2, -0.15) is 8.42 Å². The van der Waals surface area contributed by atoms with E-state index in [0.717, 1.165) is 6.42 Å². The molecular weight excluding hydrogens is 469 g/mol. The summed E-state index contributed by atoms with van der Waals surface area (Å²) < 4.78 is 42.0. The Morgan fingerprint density at radius 1 is 1.14 bits per heavy atom. The highest BCUT2D eigenvalue weighted by Gasteiger charge is 2.39. The van der Waals surface area contributed by atoms with Crippen molar-refractivity contribution in [1.82, 2.24) is 14.7 Å². The molecule has 1 aliphatic heterocycles. The van der Waals surface area contributed by atoms with Gasteiger partial charge in [-0.15, -0.1) is 0 Å². The number of aromatic nitrogens is 2. The number of carbonyl (C=O) groups excluding carboxylic acids is 1. The monoisotopic (exact) mass is 497 g/mol. The van der Waals surface area contributed by atoms with Crippen LogP contribution < -0.4 is 15.4 Å². The van der Waals surface area contributed by atoms with Gasteiger partial charge in [0.15, 0.2) is 5.03 Å². The van der Waals surface area contributed by atoms with Gasteiger partial charge in [0, 0.05) is 17.6 Å². The molecule has 1 amide bonds. The van der Waals surface area contributed by atoms with Gasteiger partial charge in [-0.25, -0.2) is 19.1 Å². The molecule has 0 unspecified atom stereocenters. The van der Waals surface area contributed by atoms with E-state index in [-0.39, 0.29) is 27.8 Å². The molecule has 0 aliphatic carbocycles. The fraction of sp³-hybridized carbons (Fsp3) is 0.320. The van der Waals surface area contributed by atoms with Gasteiger partial charge in [-0.05, 0) is 69.0 Å². The highest BCUT2D eigenvalue weighted by atomic mass is 32.2. The molecule has 4 rings (SSSR count). The lowest BCUT2D eigenvalue weighted by molar-refractivity contribution is 0.0981. The highest BCUT2D eigenvalue weighted by molar-refractivity contribution is 7.90. The van der Waals surface area contributed by atoms with Crippen molar-refractivity contribution in [3.63, 3.8) is 0 Å². The number of nitrogens with one attached hydrogen (secondary N) is 1. The van der Waals surface area contributed by atoms with Crippen LogP contribution in [0.3, 0.4) is 0 Å². The van der Waals surface area contributed by atoms with Crippen LogP contribution in [0.15, 0.2) is 53.6 Å². The molecule has 1 fully saturated rings. The number of anilines is 2. The van der Waals surface area contributed by atoms with Crippen molar-refractivity contribution in [2.24, 2.45) is 5.92 Å². The molecule has 0 bridgehead atoms. The average Bonchev–Trinajstić information content (AvgIpc) is 3.06. The Kier molecular flexibility index (Phi) is 6.27. The van der Waals surface area contributed by atoms with Crippen LogP contribution in [0.1, 0.15) is 43.1 Å². The minimum absolute atomic E-state index is 0.0188. The molecule has 1 saturated heterocycles. The number of hydrogen-bond acceptors (Lipinski definition) is 7. The lowest BCUT2D eigenvalue weighted by Gasteiger charge is -2.34. The lowest BCUT2D eigenvalue weighted by Crippen LogP contribution is -2.41. The molecule has 10 heteroatoms. The maximum absolute atomic E-state index is 14.2. The predicted octanol–water partition coefficient (Wildman–Crippen LogP) is 3.92. The molecule has 8 nitrogen and oxygen atoms in total. The van der Waals surface area contributed by atoms with E-state index in [2.05, 4.69) is 16.6 Å². The first kappa shape index (κ1) is 24.6. The summed E-state index contributed by atoms with van der Waals surface area (Å²) in [5, 5.41) is -0.359. The molecule has 35 heavy (non-hydrogen) atoms. The summed E-state index contributed by atoms with van der Waals surface area (Å²) in [6.45, 7) is 8.51. The van der Waals surface area contributed by atoms with Crippen LogP contribution in [-0.2, 0) is 10.0 Å². The topological polar surface area (TPSA) is 118 Å². The number of nitrogen functional groups attached to an aromatic ring is 1. The zero-order chi connectivity index (χ0) is 25.5. The first-order valence-corrected chi connectivity index (χ1v) is 12.7. The van der Waals surface area contributed by atoms with Gasteiger partial charge in [-0.1, -0.05) is 25.1 Å². The van der Waals surface area contributed by atoms with Crippen molar-refractivity contribution < 1.29 is 17.6 Å². The van der Waals surface area contributed by atoms with Crippen LogP contribution >= 0.6 is 0 Å². The standard InChI is InChI=1S/C25H28FN5O3S/c1-15-13-25(3,4)31(14-15)23-18(11-12-20(28-23)17-7-5-8-19(26)16(17)2)24(32)30-35(33,34)22-10-6-9-21(27)29-22/h5-12,15H,13-14H2,1-4H3,(H2,27,29)(H,30,32)/t15-/m0/s1. The van der Waals surface area contributed by atoms with Crippen molar-refractivity contribution in [1.29, 1.82) is 0 Å². The van der Waals surface area contributed by atoms with Crippen LogP contribution in [0.5, 0.6) is 0 Å². The highest BCUT2D eigenvalue weighted by Crippen LogP contribution is 2.38. The lowest BCUT2D eigenvalue weighted by atomic mass is 9.97. The second-order valence-electron chi connectivity index (χ2n) is 9.55. The summed E-state index contributed by atoms with van der Waals surface area (Å²) in [6, 6.07) is 12.0. The van der Waals surface area contributed by atoms with Gasteiger partial charge in [0.05, 0.1) is 11.3 Å². The van der Waals surface area contributed by atoms with Crippen LogP contribution in [0, 0.1) is 18.7 Å². The SMILES string of the molecule is Cc1c(F)cccc1-c1ccc(C(=O)NS(=O)(=O)c2cccc(N)n2)c(N2C[C@@H](C)CC2(C)C)n1. The van der Waals surface area contributed by atoms with Crippen LogP contribution in [0.4, 0.5) is 16.0 Å². The van der Waals surface area contributed by atoms with E-state index >= 15 is 0 Å². The third kappa shape index (κ3) is 4.84. The quantitative estimate of drug-likeness (QED) is 0.548. The van der Waals surface area contributed by atoms with Crippen molar-refractivity contribution in [2.75, 3.05) is 17.2 Å². The Bertz CT molecular complexity index is 1410. The minimum Gasteiger partial charge on any atom is -0.384 e. The van der Waals surface area contributed by atoms with E-state index in [1.807, 2.05) is 18.7 Å². The van der Waals surface area contributed by atoms with Crippen LogP contribution in [0.2, 0.25) is 0 Å². The van der Waals surface area contributed by atoms with Gasteiger partial charge in [-0.3, -0.25) is 4.79 Å². The number of rotatable bonds is 5. The molecule has 0 saturated carbocycles. The number of sulfonamides is 1. The number of carbonyl (C=O) groups is 1. The summed E-state index contributed by atoms with van der Waals surface area (Å²) in [4.78, 5) is 23.9. The number of pyridine rings is 2. The molecule has 184 valence electrons. The fourth-order valence-corrected chi connectivity index (χ4v) is 5.58. The van der Waals surface area contributed by atoms with Crippen molar-refractivity contribution in [3.05, 3.63) is 65.5 Å². The first-order valence-electron chi connectivity index (χ1n) is 11.2. The Balaban J connectivity index is 1.80.